The van der Waals surface area contributed by atoms with Crippen molar-refractivity contribution in [1.82, 2.24) is 38.1 Å². The molecule has 7 aromatic rings. The topological polar surface area (TPSA) is 317 Å². The van der Waals surface area contributed by atoms with E-state index in [1.165, 1.54) is 39.7 Å². The van der Waals surface area contributed by atoms with Crippen LogP contribution >= 0.6 is 0 Å². The molecule has 29 heteroatoms. The molecule has 0 atom stereocenters. The minimum absolute atomic E-state index is 0.0122. The van der Waals surface area contributed by atoms with Crippen molar-refractivity contribution in [2.75, 3.05) is 145 Å². The lowest BCUT2D eigenvalue weighted by Crippen LogP contribution is -2.29. The van der Waals surface area contributed by atoms with Gasteiger partial charge in [0.15, 0.2) is 11.6 Å². The molecule has 6 N–H and O–H groups in total. The van der Waals surface area contributed by atoms with Crippen LogP contribution in [0.1, 0.15) is 58.3 Å². The monoisotopic (exact) mass is 1240 g/mol. The van der Waals surface area contributed by atoms with Gasteiger partial charge in [0.05, 0.1) is 123 Å². The summed E-state index contributed by atoms with van der Waals surface area (Å²) in [4.78, 5) is 85.9. The van der Waals surface area contributed by atoms with Gasteiger partial charge in [-0.05, 0) is 48.0 Å². The zero-order chi connectivity index (χ0) is 63.2. The zero-order valence-corrected chi connectivity index (χ0v) is 50.5. The summed E-state index contributed by atoms with van der Waals surface area (Å²) in [5, 5.41) is 16.4. The van der Waals surface area contributed by atoms with Gasteiger partial charge in [-0.1, -0.05) is 30.3 Å². The van der Waals surface area contributed by atoms with E-state index in [1.54, 1.807) is 98.0 Å². The Morgan fingerprint density at radius 2 is 0.854 bits per heavy atom. The number of nitrogens with zero attached hydrogens (tertiary/aromatic N) is 7. The Labute approximate surface area is 514 Å². The largest absolute Gasteiger partial charge is 0.491 e. The summed E-state index contributed by atoms with van der Waals surface area (Å²) >= 11 is 0. The van der Waals surface area contributed by atoms with E-state index in [-0.39, 0.29) is 54.5 Å². The Bertz CT molecular complexity index is 3350. The molecular weight excluding hydrogens is 1160 g/mol. The van der Waals surface area contributed by atoms with Crippen molar-refractivity contribution in [3.63, 3.8) is 0 Å². The van der Waals surface area contributed by atoms with E-state index in [4.69, 9.17) is 47.4 Å². The van der Waals surface area contributed by atoms with Gasteiger partial charge < -0.3 is 96.8 Å². The molecule has 7 rings (SSSR count). The number of ether oxygens (including phenoxy) is 10. The highest BCUT2D eigenvalue weighted by molar-refractivity contribution is 6.08. The van der Waals surface area contributed by atoms with E-state index in [1.807, 2.05) is 30.3 Å². The number of amides is 6. The van der Waals surface area contributed by atoms with Crippen LogP contribution in [0, 0.1) is 0 Å². The first-order valence-corrected chi connectivity index (χ1v) is 28.6. The van der Waals surface area contributed by atoms with Gasteiger partial charge in [-0.2, -0.15) is 0 Å². The second kappa shape index (κ2) is 36.2. The third-order valence-corrected chi connectivity index (χ3v) is 12.8. The third-order valence-electron chi connectivity index (χ3n) is 12.8. The maximum Gasteiger partial charge on any atom is 0.411 e. The van der Waals surface area contributed by atoms with Crippen molar-refractivity contribution in [3.8, 4) is 5.75 Å². The molecule has 5 aromatic heterocycles. The second-order valence-electron chi connectivity index (χ2n) is 19.6. The maximum absolute atomic E-state index is 13.4. The van der Waals surface area contributed by atoms with Gasteiger partial charge in [0.2, 0.25) is 5.82 Å². The Morgan fingerprint density at radius 1 is 0.416 bits per heavy atom. The highest BCUT2D eigenvalue weighted by Gasteiger charge is 2.22. The molecule has 6 amide bonds. The number of imidazole rings is 2. The Hall–Kier alpha value is -9.20. The molecule has 0 aliphatic rings. The Balaban J connectivity index is 0.628. The third kappa shape index (κ3) is 22.8. The molecule has 0 bridgehead atoms. The van der Waals surface area contributed by atoms with Crippen LogP contribution in [0.2, 0.25) is 0 Å². The van der Waals surface area contributed by atoms with E-state index in [0.29, 0.717) is 140 Å². The van der Waals surface area contributed by atoms with Crippen molar-refractivity contribution in [2.45, 2.75) is 6.61 Å². The number of nitrogens with one attached hydrogen (secondary N) is 6. The quantitative estimate of drug-likeness (QED) is 0.0279. The van der Waals surface area contributed by atoms with E-state index < -0.39 is 29.7 Å². The molecule has 0 radical (unpaired) electrons. The lowest BCUT2D eigenvalue weighted by Gasteiger charge is -2.10. The number of carbonyl (C=O) groups excluding carboxylic acids is 6. The van der Waals surface area contributed by atoms with E-state index in [0.717, 1.165) is 5.56 Å². The van der Waals surface area contributed by atoms with Crippen LogP contribution in [0.25, 0.3) is 0 Å². The van der Waals surface area contributed by atoms with E-state index >= 15 is 0 Å². The molecule has 0 unspecified atom stereocenters. The van der Waals surface area contributed by atoms with Crippen molar-refractivity contribution < 1.29 is 76.1 Å². The van der Waals surface area contributed by atoms with Crippen molar-refractivity contribution in [2.24, 2.45) is 35.2 Å². The number of benzene rings is 2. The van der Waals surface area contributed by atoms with Crippen LogP contribution in [0.3, 0.4) is 0 Å². The summed E-state index contributed by atoms with van der Waals surface area (Å²) < 4.78 is 63.0. The Kier molecular flexibility index (Phi) is 27.4. The highest BCUT2D eigenvalue weighted by Crippen LogP contribution is 2.21. The molecule has 0 spiro atoms. The fourth-order valence-electron chi connectivity index (χ4n) is 8.35. The van der Waals surface area contributed by atoms with Gasteiger partial charge >= 0.3 is 6.09 Å². The van der Waals surface area contributed by atoms with Crippen LogP contribution in [0.15, 0.2) is 110 Å². The summed E-state index contributed by atoms with van der Waals surface area (Å²) in [7, 11) is 8.26. The van der Waals surface area contributed by atoms with Gasteiger partial charge in [0.25, 0.3) is 29.5 Å². The first-order valence-electron chi connectivity index (χ1n) is 28.6. The summed E-state index contributed by atoms with van der Waals surface area (Å²) in [5.41, 5.74) is 3.33. The second-order valence-corrected chi connectivity index (χ2v) is 19.6. The van der Waals surface area contributed by atoms with Crippen molar-refractivity contribution in [3.05, 3.63) is 144 Å². The van der Waals surface area contributed by atoms with Gasteiger partial charge in [-0.25, -0.2) is 14.8 Å². The molecular formula is C60H77N13O16. The van der Waals surface area contributed by atoms with Crippen LogP contribution in [0.4, 0.5) is 33.4 Å². The number of hydrogen-bond acceptors (Lipinski definition) is 18. The molecule has 478 valence electrons. The SMILES string of the molecule is Cn1cc(NC(=O)c2nc(NC(=O)c3cc(NC(=O)c4cc(NC(=O)c5nccn5C)cn4C)cn3C)cn2C)cc1C(=O)NCCOCCOCCOCCOCCOCCOCCOCCOCCOc1ccc(NC(=O)OCc2ccccc2)cc1. The Morgan fingerprint density at radius 3 is 1.34 bits per heavy atom. The number of carbonyl (C=O) groups is 6. The zero-order valence-electron chi connectivity index (χ0n) is 50.5. The normalized spacial score (nSPS) is 11.1. The molecule has 29 nitrogen and oxygen atoms in total. The summed E-state index contributed by atoms with van der Waals surface area (Å²) in [5.74, 6) is -1.47. The molecule has 0 saturated heterocycles. The van der Waals surface area contributed by atoms with Crippen LogP contribution < -0.4 is 36.6 Å². The summed E-state index contributed by atoms with van der Waals surface area (Å²) in [6.07, 6.45) is 8.85. The minimum Gasteiger partial charge on any atom is -0.491 e. The average Bonchev–Trinajstić information content (AvgIpc) is 3.55. The number of aromatic nitrogens is 7. The number of rotatable bonds is 40. The molecule has 0 fully saturated rings. The van der Waals surface area contributed by atoms with Crippen LogP contribution in [-0.2, 0) is 84.5 Å². The van der Waals surface area contributed by atoms with Gasteiger partial charge in [-0.3, -0.25) is 29.3 Å². The summed E-state index contributed by atoms with van der Waals surface area (Å²) in [6.45, 7) is 7.21. The average molecular weight is 1240 g/mol. The number of aryl methyl sites for hydroxylation is 5. The standard InChI is InChI=1S/C60H77N13O16/c1-69-17-15-61-53(69)58(77)64-47-37-50(71(3)40-47)56(75)63-45-36-51(72(4)38-45)57(76)68-52-41-73(5)54(67-52)59(78)65-46-35-49(70(2)39-46)55(74)62-16-18-80-19-20-81-21-22-82-23-24-83-25-26-84-27-28-85-29-30-86-31-32-87-33-34-88-48-13-11-44(12-14-48)66-60(79)89-42-43-9-7-6-8-10-43/h6-15,17,35-41H,16,18-34,42H2,1-5H3,(H,62,74)(H,63,75)(H,64,77)(H,65,78)(H,66,79)(H,68,76). The van der Waals surface area contributed by atoms with Crippen LogP contribution in [0.5, 0.6) is 5.75 Å². The molecule has 0 saturated carbocycles. The fourth-order valence-corrected chi connectivity index (χ4v) is 8.35. The lowest BCUT2D eigenvalue weighted by atomic mass is 10.2. The number of anilines is 5. The highest BCUT2D eigenvalue weighted by atomic mass is 16.6. The molecule has 0 aliphatic carbocycles. The predicted molar refractivity (Wildman–Crippen MR) is 326 cm³/mol. The van der Waals surface area contributed by atoms with Gasteiger partial charge in [0, 0.05) is 84.7 Å². The molecule has 89 heavy (non-hydrogen) atoms. The summed E-state index contributed by atoms with van der Waals surface area (Å²) in [6, 6.07) is 21.0. The van der Waals surface area contributed by atoms with Gasteiger partial charge in [-0.15, -0.1) is 0 Å². The maximum atomic E-state index is 13.4. The molecule has 0 aliphatic heterocycles. The van der Waals surface area contributed by atoms with Gasteiger partial charge in [0.1, 0.15) is 36.0 Å². The minimum atomic E-state index is -0.584. The predicted octanol–water partition coefficient (Wildman–Crippen LogP) is 4.87. The number of hydrogen-bond donors (Lipinski definition) is 6. The van der Waals surface area contributed by atoms with Crippen molar-refractivity contribution in [1.29, 1.82) is 0 Å². The van der Waals surface area contributed by atoms with Crippen LogP contribution in [-0.4, -0.2) is 187 Å². The smallest absolute Gasteiger partial charge is 0.411 e. The first kappa shape index (κ1) is 67.3. The molecule has 5 heterocycles. The first-order chi connectivity index (χ1) is 43.2. The van der Waals surface area contributed by atoms with Crippen molar-refractivity contribution >= 4 is 64.2 Å². The van der Waals surface area contributed by atoms with E-state index in [9.17, 15) is 28.8 Å². The lowest BCUT2D eigenvalue weighted by molar-refractivity contribution is -0.0235. The van der Waals surface area contributed by atoms with E-state index in [2.05, 4.69) is 41.9 Å². The fraction of sp³-hybridized carbons (Fsp3) is 0.400. The molecule has 2 aromatic carbocycles.